The van der Waals surface area contributed by atoms with Crippen molar-refractivity contribution in [1.29, 1.82) is 0 Å². The van der Waals surface area contributed by atoms with Crippen LogP contribution in [0.4, 0.5) is 5.82 Å². The summed E-state index contributed by atoms with van der Waals surface area (Å²) in [6.07, 6.45) is 1.63. The van der Waals surface area contributed by atoms with Crippen molar-refractivity contribution in [3.63, 3.8) is 0 Å². The smallest absolute Gasteiger partial charge is 0.236 e. The summed E-state index contributed by atoms with van der Waals surface area (Å²) >= 11 is 0. The van der Waals surface area contributed by atoms with E-state index >= 15 is 0 Å². The number of nitrogens with zero attached hydrogens (tertiary/aromatic N) is 1. The first-order chi connectivity index (χ1) is 14.0. The normalized spacial score (nSPS) is 15.8. The third kappa shape index (κ3) is 3.12. The molecule has 0 spiro atoms. The van der Waals surface area contributed by atoms with Gasteiger partial charge in [-0.2, -0.15) is 0 Å². The molecule has 1 aliphatic heterocycles. The van der Waals surface area contributed by atoms with Crippen molar-refractivity contribution >= 4 is 11.7 Å². The van der Waals surface area contributed by atoms with E-state index in [1.165, 1.54) is 11.1 Å². The van der Waals surface area contributed by atoms with Crippen LogP contribution in [0.15, 0.2) is 54.6 Å². The first kappa shape index (κ1) is 17.7. The molecule has 5 nitrogen and oxygen atoms in total. The van der Waals surface area contributed by atoms with Gasteiger partial charge in [-0.15, -0.1) is 0 Å². The largest absolute Gasteiger partial charge is 0.454 e. The van der Waals surface area contributed by atoms with Gasteiger partial charge in [0.25, 0.3) is 0 Å². The Morgan fingerprint density at radius 2 is 1.86 bits per heavy atom. The Balaban J connectivity index is 0.00000218. The Labute approximate surface area is 171 Å². The van der Waals surface area contributed by atoms with Crippen LogP contribution in [0.2, 0.25) is 0 Å². The van der Waals surface area contributed by atoms with Gasteiger partial charge in [0.2, 0.25) is 12.7 Å². The molecule has 0 unspecified atom stereocenters. The molecule has 0 bridgehead atoms. The fraction of sp³-hybridized carbons (Fsp3) is 0.250. The number of aryl methyl sites for hydroxylation is 2. The number of pyridine rings is 1. The summed E-state index contributed by atoms with van der Waals surface area (Å²) in [4.78, 5) is 17.8. The highest BCUT2D eigenvalue weighted by molar-refractivity contribution is 6.01. The Morgan fingerprint density at radius 1 is 1.03 bits per heavy atom. The maximum atomic E-state index is 13.1. The van der Waals surface area contributed by atoms with Crippen molar-refractivity contribution in [1.82, 2.24) is 4.98 Å². The number of aromatic nitrogens is 1. The molecule has 0 atom stereocenters. The van der Waals surface area contributed by atoms with Crippen LogP contribution >= 0.6 is 0 Å². The summed E-state index contributed by atoms with van der Waals surface area (Å²) in [5.74, 6) is 1.98. The topological polar surface area (TPSA) is 60.5 Å². The van der Waals surface area contributed by atoms with Crippen LogP contribution in [0, 0.1) is 13.8 Å². The highest BCUT2D eigenvalue weighted by atomic mass is 16.7. The van der Waals surface area contributed by atoms with Crippen molar-refractivity contribution in [3.8, 4) is 22.8 Å². The maximum absolute atomic E-state index is 13.1. The Bertz CT molecular complexity index is 1130. The molecule has 1 aromatic heterocycles. The summed E-state index contributed by atoms with van der Waals surface area (Å²) in [6, 6.07) is 17.8. The molecule has 5 heteroatoms. The second-order valence-corrected chi connectivity index (χ2v) is 7.83. The molecule has 29 heavy (non-hydrogen) atoms. The lowest BCUT2D eigenvalue weighted by Crippen LogP contribution is -2.28. The van der Waals surface area contributed by atoms with E-state index in [-0.39, 0.29) is 14.1 Å². The molecule has 5 rings (SSSR count). The Morgan fingerprint density at radius 3 is 2.66 bits per heavy atom. The second-order valence-electron chi connectivity index (χ2n) is 7.83. The summed E-state index contributed by atoms with van der Waals surface area (Å²) in [7, 11) is 0. The van der Waals surface area contributed by atoms with Crippen LogP contribution in [-0.2, 0) is 10.2 Å². The fourth-order valence-corrected chi connectivity index (χ4v) is 3.96. The molecule has 1 N–H and O–H groups in total. The van der Waals surface area contributed by atoms with Crippen LogP contribution in [0.3, 0.4) is 0 Å². The zero-order valence-corrected chi connectivity index (χ0v) is 16.5. The van der Waals surface area contributed by atoms with E-state index in [2.05, 4.69) is 42.3 Å². The number of benzene rings is 2. The van der Waals surface area contributed by atoms with E-state index < -0.39 is 5.41 Å². The maximum Gasteiger partial charge on any atom is 0.236 e. The molecule has 1 amide bonds. The lowest BCUT2D eigenvalue weighted by molar-refractivity contribution is -0.118. The Kier molecular flexibility index (Phi) is 4.05. The first-order valence-electron chi connectivity index (χ1n) is 9.81. The van der Waals surface area contributed by atoms with Gasteiger partial charge in [-0.3, -0.25) is 4.79 Å². The van der Waals surface area contributed by atoms with E-state index in [0.29, 0.717) is 11.6 Å². The Hall–Kier alpha value is -3.34. The molecular weight excluding hydrogens is 364 g/mol. The third-order valence-corrected chi connectivity index (χ3v) is 5.76. The zero-order chi connectivity index (χ0) is 20.0. The number of ether oxygens (including phenoxy) is 2. The zero-order valence-electron chi connectivity index (χ0n) is 16.5. The third-order valence-electron chi connectivity index (χ3n) is 5.76. The quantitative estimate of drug-likeness (QED) is 0.682. The van der Waals surface area contributed by atoms with Gasteiger partial charge in [0.15, 0.2) is 11.5 Å². The van der Waals surface area contributed by atoms with E-state index in [1.807, 2.05) is 36.4 Å². The van der Waals surface area contributed by atoms with Crippen molar-refractivity contribution in [2.24, 2.45) is 0 Å². The number of rotatable bonds is 4. The minimum Gasteiger partial charge on any atom is -0.454 e. The second kappa shape index (κ2) is 6.62. The number of anilines is 1. The summed E-state index contributed by atoms with van der Waals surface area (Å²) in [6.45, 7) is 4.38. The van der Waals surface area contributed by atoms with Crippen molar-refractivity contribution in [2.45, 2.75) is 32.1 Å². The van der Waals surface area contributed by atoms with Crippen molar-refractivity contribution in [3.05, 3.63) is 71.3 Å². The van der Waals surface area contributed by atoms with Gasteiger partial charge in [0, 0.05) is 6.99 Å². The van der Waals surface area contributed by atoms with Crippen LogP contribution in [0.5, 0.6) is 11.5 Å². The van der Waals surface area contributed by atoms with Crippen molar-refractivity contribution in [2.75, 3.05) is 12.1 Å². The summed E-state index contributed by atoms with van der Waals surface area (Å²) in [5, 5.41) is 3.03. The van der Waals surface area contributed by atoms with Crippen molar-refractivity contribution < 1.29 is 15.7 Å². The van der Waals surface area contributed by atoms with Gasteiger partial charge in [-0.1, -0.05) is 35.9 Å². The predicted molar refractivity (Wildman–Crippen MR) is 113 cm³/mol. The SMILES string of the molecule is Cc1ccc(-c2cccc(NC(=O)C3(c4ccc5c(c4)OCO5)CC3)n2)c(C)c1.[HH]. The number of nitrogens with one attached hydrogen (secondary N) is 1. The molecule has 148 valence electrons. The monoisotopic (exact) mass is 388 g/mol. The van der Waals surface area contributed by atoms with Gasteiger partial charge in [-0.25, -0.2) is 4.98 Å². The molecule has 2 aliphatic rings. The van der Waals surface area contributed by atoms with Gasteiger partial charge >= 0.3 is 0 Å². The van der Waals surface area contributed by atoms with E-state index in [4.69, 9.17) is 9.47 Å². The predicted octanol–water partition coefficient (Wildman–Crippen LogP) is 5.01. The number of carbonyl (C=O) groups is 1. The number of carbonyl (C=O) groups excluding carboxylic acids is 1. The molecular formula is C24H24N2O3. The van der Waals surface area contributed by atoms with Crippen LogP contribution in [0.25, 0.3) is 11.3 Å². The van der Waals surface area contributed by atoms with Gasteiger partial charge in [0.05, 0.1) is 11.1 Å². The lowest BCUT2D eigenvalue weighted by atomic mass is 9.94. The number of fused-ring (bicyclic) bond motifs is 1. The molecule has 1 saturated carbocycles. The molecule has 1 fully saturated rings. The average molecular weight is 388 g/mol. The molecule has 0 radical (unpaired) electrons. The van der Waals surface area contributed by atoms with Crippen LogP contribution < -0.4 is 14.8 Å². The molecule has 2 heterocycles. The van der Waals surface area contributed by atoms with Gasteiger partial charge in [-0.05, 0) is 62.1 Å². The highest BCUT2D eigenvalue weighted by Crippen LogP contribution is 2.51. The fourth-order valence-electron chi connectivity index (χ4n) is 3.96. The minimum absolute atomic E-state index is 0. The van der Waals surface area contributed by atoms with E-state index in [9.17, 15) is 4.79 Å². The van der Waals surface area contributed by atoms with Gasteiger partial charge in [0.1, 0.15) is 5.82 Å². The molecule has 2 aromatic carbocycles. The minimum atomic E-state index is -0.515. The van der Waals surface area contributed by atoms with Crippen LogP contribution in [-0.4, -0.2) is 17.7 Å². The molecule has 3 aromatic rings. The number of hydrogen-bond acceptors (Lipinski definition) is 4. The molecule has 0 saturated heterocycles. The van der Waals surface area contributed by atoms with E-state index in [1.54, 1.807) is 0 Å². The lowest BCUT2D eigenvalue weighted by Gasteiger charge is -2.16. The van der Waals surface area contributed by atoms with Gasteiger partial charge < -0.3 is 14.8 Å². The number of amides is 1. The molecule has 1 aliphatic carbocycles. The van der Waals surface area contributed by atoms with E-state index in [0.717, 1.165) is 35.4 Å². The van der Waals surface area contributed by atoms with Crippen LogP contribution in [0.1, 0.15) is 31.0 Å². The average Bonchev–Trinajstić information content (AvgIpc) is 3.39. The highest BCUT2D eigenvalue weighted by Gasteiger charge is 2.51. The first-order valence-corrected chi connectivity index (χ1v) is 9.81. The summed E-state index contributed by atoms with van der Waals surface area (Å²) in [5.41, 5.74) is 4.76. The number of hydrogen-bond donors (Lipinski definition) is 1. The standard InChI is InChI=1S/C24H22N2O3.H2/c1-15-6-8-18(16(2)12-15)19-4-3-5-22(25-19)26-23(27)24(10-11-24)17-7-9-20-21(13-17)29-14-28-20;/h3-9,12-13H,10-11,14H2,1-2H3,(H,25,26,27);1H. The summed E-state index contributed by atoms with van der Waals surface area (Å²) < 4.78 is 10.9.